The van der Waals surface area contributed by atoms with Gasteiger partial charge in [0.1, 0.15) is 40.0 Å². The number of nitrogens with one attached hydrogen (secondary N) is 6. The van der Waals surface area contributed by atoms with Crippen molar-refractivity contribution in [3.63, 3.8) is 0 Å². The second kappa shape index (κ2) is 39.1. The number of likely N-dealkylation sites (tertiary alicyclic amines) is 1. The van der Waals surface area contributed by atoms with Crippen molar-refractivity contribution < 1.29 is 58.6 Å². The molecule has 4 amide bonds. The van der Waals surface area contributed by atoms with E-state index in [2.05, 4.69) is 29.1 Å². The van der Waals surface area contributed by atoms with Gasteiger partial charge in [-0.3, -0.25) is 19.2 Å². The molecule has 0 saturated carbocycles. The Kier molecular flexibility index (Phi) is 29.0. The molecule has 21 nitrogen and oxygen atoms in total. The summed E-state index contributed by atoms with van der Waals surface area (Å²) >= 11 is 37.3. The normalized spacial score (nSPS) is 12.5. The van der Waals surface area contributed by atoms with Crippen molar-refractivity contribution in [1.29, 1.82) is 0 Å². The number of aryl methyl sites for hydroxylation is 10. The van der Waals surface area contributed by atoms with Gasteiger partial charge in [0.2, 0.25) is 10.0 Å². The zero-order valence-corrected chi connectivity index (χ0v) is 73.6. The molecule has 4 aromatic heterocycles. The number of benzene rings is 9. The SMILES string of the molecule is Cc1cc(OCCCc2c(C(=O)NS(=O)(=O)C3CCN(C(=O)c4cccn4Cc4ccccc4)CC3)[nH]c3cc(Cl)ccc23)cc(C)c1Cl.Cc1cc(OCCCc2c(C(=O)NS(=O)(=O)c3ccccc3)[nH]c3cc(Cl)ccc23)cc(C)c1Cl.Cc1cccc(S(=O)(=O)NC(=O)c2[nH]c3cc(Cl)ccc3c2CCCOc2cc(C)c(Cl)c(C)c2)c1. The first-order chi connectivity index (χ1) is 57.2. The quantitative estimate of drug-likeness (QED) is 0.0261. The topological polar surface area (TPSA) is 290 Å². The Morgan fingerprint density at radius 3 is 1.18 bits per heavy atom. The number of rotatable bonds is 27. The first-order valence-electron chi connectivity index (χ1n) is 38.6. The van der Waals surface area contributed by atoms with Gasteiger partial charge in [0, 0.05) is 88.7 Å². The number of H-pyrrole nitrogens is 3. The molecular weight excluding hydrogens is 1710 g/mol. The summed E-state index contributed by atoms with van der Waals surface area (Å²) in [4.78, 5) is 64.2. The molecule has 626 valence electrons. The highest BCUT2D eigenvalue weighted by molar-refractivity contribution is 7.91. The smallest absolute Gasteiger partial charge is 0.281 e. The fraction of sp³-hybridized carbons (Fsp3) is 0.244. The van der Waals surface area contributed by atoms with E-state index < -0.39 is 53.0 Å². The van der Waals surface area contributed by atoms with Gasteiger partial charge in [0.05, 0.1) is 34.9 Å². The Hall–Kier alpha value is -10.3. The maximum absolute atomic E-state index is 13.6. The van der Waals surface area contributed by atoms with Gasteiger partial charge in [-0.25, -0.2) is 39.4 Å². The molecule has 30 heteroatoms. The van der Waals surface area contributed by atoms with Gasteiger partial charge in [0.25, 0.3) is 43.7 Å². The van der Waals surface area contributed by atoms with Gasteiger partial charge in [-0.2, -0.15) is 0 Å². The number of aromatic nitrogens is 4. The van der Waals surface area contributed by atoms with Gasteiger partial charge >= 0.3 is 0 Å². The van der Waals surface area contributed by atoms with Crippen molar-refractivity contribution >= 4 is 156 Å². The number of sulfonamides is 3. The molecule has 13 aromatic rings. The average Bonchev–Trinajstić information content (AvgIpc) is 1.64. The van der Waals surface area contributed by atoms with E-state index in [0.717, 1.165) is 82.2 Å². The third-order valence-corrected chi connectivity index (χ3v) is 27.5. The Morgan fingerprint density at radius 2 is 0.783 bits per heavy atom. The molecule has 0 unspecified atom stereocenters. The molecule has 0 atom stereocenters. The maximum Gasteiger partial charge on any atom is 0.281 e. The highest BCUT2D eigenvalue weighted by atomic mass is 35.5. The molecule has 1 aliphatic heterocycles. The molecule has 1 aliphatic rings. The van der Waals surface area contributed by atoms with Gasteiger partial charge in [-0.15, -0.1) is 0 Å². The fourth-order valence-electron chi connectivity index (χ4n) is 14.5. The molecule has 9 aromatic carbocycles. The summed E-state index contributed by atoms with van der Waals surface area (Å²) in [6, 6.07) is 54.8. The van der Waals surface area contributed by atoms with Crippen LogP contribution in [-0.2, 0) is 55.9 Å². The number of hydrogen-bond acceptors (Lipinski definition) is 13. The monoisotopic (exact) mass is 1790 g/mol. The number of halogens is 6. The molecule has 0 radical (unpaired) electrons. The van der Waals surface area contributed by atoms with E-state index in [1.807, 2.05) is 143 Å². The molecule has 1 saturated heterocycles. The summed E-state index contributed by atoms with van der Waals surface area (Å²) in [7, 11) is -12.1. The van der Waals surface area contributed by atoms with Gasteiger partial charge in [0.15, 0.2) is 0 Å². The second-order valence-corrected chi connectivity index (χ2v) is 37.2. The summed E-state index contributed by atoms with van der Waals surface area (Å²) in [6.45, 7) is 15.6. The van der Waals surface area contributed by atoms with Gasteiger partial charge < -0.3 is 38.6 Å². The van der Waals surface area contributed by atoms with E-state index in [1.165, 1.54) is 24.3 Å². The predicted molar refractivity (Wildman–Crippen MR) is 476 cm³/mol. The number of nitrogens with zero attached hydrogens (tertiary/aromatic N) is 2. The standard InChI is InChI=1S/C37H38Cl2N4O5S.C27H26Cl2N2O4S.C26H24Cl2N2O4S/c1-24-20-28(21-25(2)34(24)39)48-19-7-10-31-30-13-12-27(38)22-32(30)40-35(31)36(44)41-49(46,47)29-14-17-42(18-15-29)37(45)33-11-6-16-43(33)23-26-8-4-3-5-9-26;1-16-6-4-7-21(12-16)36(33,34)31-27(32)26-23(22-10-9-19(28)15-24(22)30-26)8-5-11-35-20-13-17(2)25(29)18(3)14-20;1-16-13-19(14-17(2)24(16)28)34-12-6-9-22-21-11-10-18(27)15-23(21)29-25(22)26(31)30-35(32,33)20-7-4-3-5-8-20/h3-6,8-9,11-13,16,20-22,29,40H,7,10,14-15,17-19,23H2,1-2H3,(H,41,44);4,6-7,9-10,12-15,30H,5,8,11H2,1-3H3,(H,31,32);3-5,7-8,10-11,13-15,29H,6,9,12H2,1-2H3,(H,30,31). The first-order valence-corrected chi connectivity index (χ1v) is 45.4. The van der Waals surface area contributed by atoms with Crippen LogP contribution in [0.4, 0.5) is 0 Å². The molecule has 5 heterocycles. The number of carbonyl (C=O) groups is 4. The highest BCUT2D eigenvalue weighted by Gasteiger charge is 2.35. The van der Waals surface area contributed by atoms with Crippen molar-refractivity contribution in [1.82, 2.24) is 38.6 Å². The van der Waals surface area contributed by atoms with Crippen molar-refractivity contribution in [3.05, 3.63) is 308 Å². The molecular formula is C90H88Cl6N8O13S3. The zero-order chi connectivity index (χ0) is 85.9. The molecule has 120 heavy (non-hydrogen) atoms. The van der Waals surface area contributed by atoms with Gasteiger partial charge in [-0.1, -0.05) is 148 Å². The van der Waals surface area contributed by atoms with Crippen molar-refractivity contribution in [2.24, 2.45) is 0 Å². The van der Waals surface area contributed by atoms with Crippen LogP contribution in [0.15, 0.2) is 204 Å². The molecule has 14 rings (SSSR count). The number of amides is 4. The molecule has 1 fully saturated rings. The van der Waals surface area contributed by atoms with Crippen LogP contribution in [0, 0.1) is 48.5 Å². The lowest BCUT2D eigenvalue weighted by atomic mass is 10.1. The van der Waals surface area contributed by atoms with E-state index in [4.69, 9.17) is 83.8 Å². The van der Waals surface area contributed by atoms with Crippen LogP contribution in [0.5, 0.6) is 17.2 Å². The van der Waals surface area contributed by atoms with E-state index in [1.54, 1.807) is 84.6 Å². The molecule has 0 bridgehead atoms. The third-order valence-electron chi connectivity index (χ3n) is 20.5. The van der Waals surface area contributed by atoms with E-state index >= 15 is 0 Å². The summed E-state index contributed by atoms with van der Waals surface area (Å²) in [5, 5.41) is 5.22. The lowest BCUT2D eigenvalue weighted by molar-refractivity contribution is 0.0713. The molecule has 6 N–H and O–H groups in total. The Bertz CT molecular complexity index is 6300. The minimum atomic E-state index is -4.05. The third kappa shape index (κ3) is 21.9. The number of hydrogen-bond donors (Lipinski definition) is 6. The molecule has 0 spiro atoms. The lowest BCUT2D eigenvalue weighted by Crippen LogP contribution is -2.47. The average molecular weight is 1800 g/mol. The number of piperidine rings is 1. The summed E-state index contributed by atoms with van der Waals surface area (Å²) in [5.74, 6) is -0.186. The van der Waals surface area contributed by atoms with Crippen LogP contribution in [0.25, 0.3) is 32.7 Å². The fourth-order valence-corrected chi connectivity index (χ4v) is 18.7. The molecule has 0 aliphatic carbocycles. The lowest BCUT2D eigenvalue weighted by Gasteiger charge is -2.31. The van der Waals surface area contributed by atoms with E-state index in [9.17, 15) is 44.4 Å². The number of carbonyl (C=O) groups excluding carboxylic acids is 4. The Labute approximate surface area is 727 Å². The predicted octanol–water partition coefficient (Wildman–Crippen LogP) is 20.1. The summed E-state index contributed by atoms with van der Waals surface area (Å²) < 4.78 is 104. The largest absolute Gasteiger partial charge is 0.494 e. The van der Waals surface area contributed by atoms with Crippen LogP contribution < -0.4 is 28.4 Å². The summed E-state index contributed by atoms with van der Waals surface area (Å²) in [5.41, 5.74) is 12.6. The van der Waals surface area contributed by atoms with Crippen LogP contribution in [0.1, 0.15) is 135 Å². The number of aromatic amines is 3. The van der Waals surface area contributed by atoms with Crippen LogP contribution in [0.3, 0.4) is 0 Å². The second-order valence-electron chi connectivity index (χ2n) is 29.4. The van der Waals surface area contributed by atoms with E-state index in [-0.39, 0.29) is 58.7 Å². The Morgan fingerprint density at radius 1 is 0.417 bits per heavy atom. The van der Waals surface area contributed by atoms with Crippen molar-refractivity contribution in [3.8, 4) is 17.2 Å². The zero-order valence-electron chi connectivity index (χ0n) is 66.6. The minimum absolute atomic E-state index is 0.0102. The Balaban J connectivity index is 0.000000168. The number of fused-ring (bicyclic) bond motifs is 3. The summed E-state index contributed by atoms with van der Waals surface area (Å²) in [6.07, 6.45) is 5.50. The minimum Gasteiger partial charge on any atom is -0.494 e. The van der Waals surface area contributed by atoms with Crippen LogP contribution >= 0.6 is 69.6 Å². The highest BCUT2D eigenvalue weighted by Crippen LogP contribution is 2.35. The van der Waals surface area contributed by atoms with Crippen molar-refractivity contribution in [2.75, 3.05) is 32.9 Å². The van der Waals surface area contributed by atoms with E-state index in [0.29, 0.717) is 130 Å². The van der Waals surface area contributed by atoms with Crippen LogP contribution in [0.2, 0.25) is 30.1 Å². The number of ether oxygens (including phenoxy) is 3. The van der Waals surface area contributed by atoms with Crippen molar-refractivity contribution in [2.45, 2.75) is 121 Å². The first kappa shape index (κ1) is 89.0. The van der Waals surface area contributed by atoms with Gasteiger partial charge in [-0.05, 0) is 270 Å². The maximum atomic E-state index is 13.6. The van der Waals surface area contributed by atoms with Crippen LogP contribution in [-0.4, -0.2) is 111 Å².